The van der Waals surface area contributed by atoms with E-state index >= 15 is 0 Å². The van der Waals surface area contributed by atoms with Crippen molar-refractivity contribution in [2.45, 2.75) is 126 Å². The second kappa shape index (κ2) is 218. The number of alkyl halides is 6. The Balaban J connectivity index is -0.0000000274. The number of para-hydroxylation sites is 6. The van der Waals surface area contributed by atoms with Gasteiger partial charge in [0.05, 0.1) is 22.1 Å². The van der Waals surface area contributed by atoms with Gasteiger partial charge in [-0.2, -0.15) is 28.2 Å². The van der Waals surface area contributed by atoms with Gasteiger partial charge in [0.2, 0.25) is 0 Å². The Bertz CT molecular complexity index is 1810. The molecule has 0 atom stereocenters. The topological polar surface area (TPSA) is 318 Å². The molecule has 0 aliphatic carbocycles. The van der Waals surface area contributed by atoms with Gasteiger partial charge in [0.15, 0.2) is 0 Å². The van der Waals surface area contributed by atoms with Crippen LogP contribution in [-0.4, -0.2) is 103 Å². The Morgan fingerprint density at radius 3 is 0.515 bits per heavy atom. The summed E-state index contributed by atoms with van der Waals surface area (Å²) in [7, 11) is 16.0. The van der Waals surface area contributed by atoms with Crippen LogP contribution in [0, 0.1) is 45.4 Å². The van der Waals surface area contributed by atoms with Crippen molar-refractivity contribution in [2.75, 3.05) is 89.6 Å². The van der Waals surface area contributed by atoms with Gasteiger partial charge < -0.3 is 65.0 Å². The summed E-state index contributed by atoms with van der Waals surface area (Å²) in [6.45, 7) is 32.0. The molecular weight excluding hydrogens is 3230 g/mol. The van der Waals surface area contributed by atoms with E-state index in [1.807, 2.05) is 199 Å². The third-order valence-electron chi connectivity index (χ3n) is 5.47. The van der Waals surface area contributed by atoms with Crippen LogP contribution in [0.1, 0.15) is 126 Å². The van der Waals surface area contributed by atoms with Gasteiger partial charge in [-0.3, -0.25) is 45.4 Å². The van der Waals surface area contributed by atoms with E-state index in [4.69, 9.17) is 16.6 Å². The number of benzene rings is 6. The van der Waals surface area contributed by atoms with E-state index in [-0.39, 0.29) is 56.2 Å². The number of nitrogens with two attached hydrogens (primary N) is 3. The van der Waals surface area contributed by atoms with E-state index in [0.717, 1.165) is 18.4 Å². The molecule has 0 aliphatic rings. The molecule has 0 unspecified atom stereocenters. The average Bonchev–Trinajstić information content (AvgIpc) is 0.978. The Morgan fingerprint density at radius 1 is 0.408 bits per heavy atom. The third kappa shape index (κ3) is 249. The summed E-state index contributed by atoms with van der Waals surface area (Å²) in [6, 6.07) is 50.7. The molecule has 103 heavy (non-hydrogen) atoms. The van der Waals surface area contributed by atoms with Crippen LogP contribution in [0.4, 0.5) is 34.1 Å². The fourth-order valence-electron chi connectivity index (χ4n) is 3.10. The van der Waals surface area contributed by atoms with Gasteiger partial charge in [0.1, 0.15) is -0.0619 Å². The first-order valence-corrected chi connectivity index (χ1v) is 58.4. The predicted octanol–water partition coefficient (Wildman–Crippen LogP) is 26.5. The largest absolute Gasteiger partial charge is 0.399 e. The van der Waals surface area contributed by atoms with Crippen molar-refractivity contribution in [3.8, 4) is 0 Å². The molecular formula is C68H131I12N9O11Rf2V-4. The molecule has 20 nitrogen and oxygen atoms in total. The maximum Gasteiger partial charge on any atom is 0.269 e. The summed E-state index contributed by atoms with van der Waals surface area (Å²) in [5.41, 5.74) is 17.4. The Labute approximate surface area is 779 Å². The molecule has 1 radical (unpaired) electrons. The summed E-state index contributed by atoms with van der Waals surface area (Å²) in [6.07, 6.45) is 0. The third-order valence-corrected chi connectivity index (χ3v) is 5.47. The number of nitrogens with zero attached hydrogens (tertiary/aromatic N) is 6. The fourth-order valence-corrected chi connectivity index (χ4v) is 3.10. The number of non-ortho nitro benzene ring substituents is 4. The maximum atomic E-state index is 10.0. The predicted molar refractivity (Wildman–Crippen MR) is 547 cm³/mol. The molecule has 0 heterocycles. The van der Waals surface area contributed by atoms with Crippen LogP contribution < -0.4 is 30.5 Å². The molecule has 6 aromatic carbocycles. The summed E-state index contributed by atoms with van der Waals surface area (Å²) < 4.78 is 10.4. The van der Waals surface area contributed by atoms with E-state index < -0.39 is 19.7 Å². The summed E-state index contributed by atoms with van der Waals surface area (Å²) in [4.78, 5) is 43.5. The van der Waals surface area contributed by atoms with Crippen LogP contribution in [0.5, 0.6) is 0 Å². The SMILES string of the molecule is C.C.CC.CC.CC.CC.CC.CC.CC.CC.CI.CN.CO.COC.COC.C[N-]C.C[N-]C.IC(I)I.ICI.II.I[I-]I.Nc1ccccc1.Nc1ccccc1.O=[N+]([O-])c1ccccc1.O=[N+]([O-])c1ccccc1.O=[N+]([O-])c1ccccc1.O=[N+]([O-])c1ccccc1.[CH2-]I.[Rf].[Rf].[V]. The van der Waals surface area contributed by atoms with E-state index in [0.29, 0.717) is 13.3 Å². The van der Waals surface area contributed by atoms with Crippen LogP contribution >= 0.6 is 233 Å². The van der Waals surface area contributed by atoms with Crippen molar-refractivity contribution in [3.63, 3.8) is 0 Å². The first-order chi connectivity index (χ1) is 47.2. The molecule has 0 saturated heterocycles. The number of aliphatic hydroxyl groups is 1. The van der Waals surface area contributed by atoms with Gasteiger partial charge in [-0.05, 0) is 36.2 Å². The summed E-state index contributed by atoms with van der Waals surface area (Å²) in [5.74, 6) is 0. The zero-order valence-electron chi connectivity index (χ0n) is 64.7. The van der Waals surface area contributed by atoms with Gasteiger partial charge in [0, 0.05) is 151 Å². The average molecular weight is 3360 g/mol. The Kier molecular flexibility index (Phi) is 373. The quantitative estimate of drug-likeness (QED) is 0.0318. The molecule has 611 valence electrons. The monoisotopic (exact) mass is 3360 g/mol. The maximum absolute atomic E-state index is 10.0. The molecule has 0 aromatic heterocycles. The summed E-state index contributed by atoms with van der Waals surface area (Å²) >= 11 is 25.1. The number of hydrogen-bond acceptors (Lipinski definition) is 14. The van der Waals surface area contributed by atoms with Crippen molar-refractivity contribution in [2.24, 2.45) is 5.73 Å². The van der Waals surface area contributed by atoms with Gasteiger partial charge in [-0.1, -0.05) is 370 Å². The van der Waals surface area contributed by atoms with Gasteiger partial charge >= 0.3 is 50.5 Å². The van der Waals surface area contributed by atoms with E-state index in [9.17, 15) is 40.5 Å². The normalized spacial score (nSPS) is 6.47. The Morgan fingerprint density at radius 2 is 0.476 bits per heavy atom. The van der Waals surface area contributed by atoms with Crippen LogP contribution in [0.15, 0.2) is 182 Å². The molecule has 6 rings (SSSR count). The first-order valence-electron chi connectivity index (χ1n) is 29.1. The van der Waals surface area contributed by atoms with Crippen LogP contribution in [0.3, 0.4) is 0 Å². The number of rotatable bonds is 4. The van der Waals surface area contributed by atoms with Crippen molar-refractivity contribution in [3.05, 3.63) is 238 Å². The number of nitro groups is 4. The summed E-state index contributed by atoms with van der Waals surface area (Å²) in [5, 5.41) is 54.0. The molecule has 0 amide bonds. The van der Waals surface area contributed by atoms with E-state index in [1.165, 1.54) is 58.0 Å². The van der Waals surface area contributed by atoms with Crippen molar-refractivity contribution >= 4 is 267 Å². The van der Waals surface area contributed by atoms with Gasteiger partial charge in [-0.25, -0.2) is 0 Å². The number of anilines is 2. The number of methoxy groups -OCH3 is 2. The van der Waals surface area contributed by atoms with E-state index in [2.05, 4.69) is 241 Å². The number of hydrogen-bond donors (Lipinski definition) is 4. The number of nitrogen functional groups attached to an aromatic ring is 2. The van der Waals surface area contributed by atoms with Gasteiger partial charge in [-0.15, -0.1) is 0 Å². The first kappa shape index (κ1) is 176. The second-order valence-corrected chi connectivity index (χ2v) is 42.9. The van der Waals surface area contributed by atoms with Crippen LogP contribution in [-0.2, 0) is 28.0 Å². The second-order valence-electron chi connectivity index (χ2n) is 11.3. The van der Waals surface area contributed by atoms with Crippen molar-refractivity contribution in [1.82, 2.24) is 0 Å². The van der Waals surface area contributed by atoms with E-state index in [1.54, 1.807) is 129 Å². The molecule has 0 aliphatic heterocycles. The zero-order valence-corrected chi connectivity index (χ0v) is 105. The minimum atomic E-state index is -0.417. The minimum absolute atomic E-state index is 0. The molecule has 0 saturated carbocycles. The van der Waals surface area contributed by atoms with Gasteiger partial charge in [0.25, 0.3) is 22.7 Å². The molecule has 0 fully saturated rings. The molecule has 0 bridgehead atoms. The molecule has 35 heteroatoms. The Hall–Kier alpha value is -0.376. The van der Waals surface area contributed by atoms with Crippen molar-refractivity contribution in [1.29, 1.82) is 0 Å². The number of halogens is 12. The molecule has 7 N–H and O–H groups in total. The van der Waals surface area contributed by atoms with Crippen LogP contribution in [0.25, 0.3) is 10.6 Å². The van der Waals surface area contributed by atoms with Crippen molar-refractivity contribution < 1.29 is 66.1 Å². The number of ether oxygens (including phenoxy) is 2. The number of nitro benzene ring substituents is 4. The fraction of sp³-hybridized carbons (Fsp3) is 0.456. The molecule has 6 aromatic rings. The number of aliphatic hydroxyl groups excluding tert-OH is 1. The standard InChI is InChI=1S/4C6H5NO2.2C6H7N.2C2H6N.2C2H6O.8C2H6.CHI3.CH2I2.CH3I.CH2I.CH5N.CH4O.2CH4.I3.I2.2Rf.V/c4*8-7(9)6-4-2-1-3-5-6;2*7-6-4-2-1-3-5-6;4*1-3-2;8*1-2;2-1(3)4;2-1-3;4*1-2;;;1-3-2;1-2;;;/h4*1-5H;2*1-5H,7H2;4*1-2H3;8*1-2H3;1H;1H2;1H3;1H2;2H2,1H3;2H,1H3;2*1H4;;;;;/q;;;;;;2*-1;;;;;;;;;;;;;;-1;;;;;-1;;;;. The minimum Gasteiger partial charge on any atom is -0.399 e. The smallest absolute Gasteiger partial charge is 0.269 e. The zero-order chi connectivity index (χ0) is 82.8. The molecule has 0 spiro atoms. The van der Waals surface area contributed by atoms with Crippen LogP contribution in [0.2, 0.25) is 0 Å².